The van der Waals surface area contributed by atoms with E-state index in [1.807, 2.05) is 6.07 Å². The highest BCUT2D eigenvalue weighted by molar-refractivity contribution is 6.32. The molecule has 21 heavy (non-hydrogen) atoms. The Balaban J connectivity index is 2.34. The summed E-state index contributed by atoms with van der Waals surface area (Å²) in [6.07, 6.45) is -4.48. The molecule has 2 aromatic carbocycles. The summed E-state index contributed by atoms with van der Waals surface area (Å²) in [4.78, 5) is 0. The summed E-state index contributed by atoms with van der Waals surface area (Å²) in [6, 6.07) is 9.51. The largest absolute Gasteiger partial charge is 0.416 e. The Morgan fingerprint density at radius 3 is 2.29 bits per heavy atom. The van der Waals surface area contributed by atoms with Crippen molar-refractivity contribution in [1.82, 2.24) is 0 Å². The summed E-state index contributed by atoms with van der Waals surface area (Å²) in [6.45, 7) is 0. The molecule has 108 valence electrons. The van der Waals surface area contributed by atoms with Gasteiger partial charge < -0.3 is 5.32 Å². The molecule has 2 aromatic rings. The minimum atomic E-state index is -4.48. The van der Waals surface area contributed by atoms with Gasteiger partial charge in [0.05, 0.1) is 16.1 Å². The zero-order valence-electron chi connectivity index (χ0n) is 10.3. The second-order valence-corrected chi connectivity index (χ2v) is 5.00. The van der Waals surface area contributed by atoms with E-state index in [1.165, 1.54) is 18.2 Å². The van der Waals surface area contributed by atoms with E-state index in [0.717, 1.165) is 12.1 Å². The molecule has 0 aromatic heterocycles. The van der Waals surface area contributed by atoms with Crippen molar-refractivity contribution in [1.29, 1.82) is 5.26 Å². The molecule has 0 spiro atoms. The van der Waals surface area contributed by atoms with E-state index in [2.05, 4.69) is 5.32 Å². The molecule has 0 aliphatic rings. The van der Waals surface area contributed by atoms with Gasteiger partial charge in [0.15, 0.2) is 0 Å². The lowest BCUT2D eigenvalue weighted by Gasteiger charge is -2.12. The van der Waals surface area contributed by atoms with Crippen LogP contribution in [0.4, 0.5) is 24.5 Å². The fourth-order valence-electron chi connectivity index (χ4n) is 1.68. The van der Waals surface area contributed by atoms with Crippen LogP contribution in [-0.4, -0.2) is 0 Å². The molecule has 0 heterocycles. The third-order valence-electron chi connectivity index (χ3n) is 2.60. The van der Waals surface area contributed by atoms with Crippen molar-refractivity contribution < 1.29 is 13.2 Å². The molecule has 2 rings (SSSR count). The molecule has 0 aliphatic carbocycles. The van der Waals surface area contributed by atoms with Crippen LogP contribution in [0.1, 0.15) is 11.1 Å². The van der Waals surface area contributed by atoms with Crippen molar-refractivity contribution in [3.8, 4) is 6.07 Å². The number of halogens is 5. The molecule has 0 atom stereocenters. The Bertz CT molecular complexity index is 721. The first-order valence-corrected chi connectivity index (χ1v) is 6.39. The molecule has 1 N–H and O–H groups in total. The van der Waals surface area contributed by atoms with Gasteiger partial charge in [0.2, 0.25) is 0 Å². The van der Waals surface area contributed by atoms with Crippen LogP contribution in [0.5, 0.6) is 0 Å². The minimum Gasteiger partial charge on any atom is -0.355 e. The molecule has 0 bridgehead atoms. The van der Waals surface area contributed by atoms with Gasteiger partial charge in [-0.2, -0.15) is 18.4 Å². The molecule has 0 amide bonds. The number of rotatable bonds is 2. The van der Waals surface area contributed by atoms with Crippen molar-refractivity contribution in [2.45, 2.75) is 6.18 Å². The number of hydrogen-bond donors (Lipinski definition) is 1. The Hall–Kier alpha value is -1.90. The van der Waals surface area contributed by atoms with Crippen molar-refractivity contribution in [2.24, 2.45) is 0 Å². The summed E-state index contributed by atoms with van der Waals surface area (Å²) in [5.41, 5.74) is 0.0616. The molecule has 0 fully saturated rings. The number of hydrogen-bond acceptors (Lipinski definition) is 2. The lowest BCUT2D eigenvalue weighted by molar-refractivity contribution is -0.137. The van der Waals surface area contributed by atoms with Crippen LogP contribution in [0, 0.1) is 11.3 Å². The monoisotopic (exact) mass is 330 g/mol. The molecule has 2 nitrogen and oxygen atoms in total. The average molecular weight is 331 g/mol. The number of nitrogens with zero attached hydrogens (tertiary/aromatic N) is 1. The van der Waals surface area contributed by atoms with E-state index in [-0.39, 0.29) is 21.3 Å². The SMILES string of the molecule is N#Cc1ccc(Nc2cc(Cl)cc(C(F)(F)F)c2)cc1Cl. The topological polar surface area (TPSA) is 35.8 Å². The summed E-state index contributed by atoms with van der Waals surface area (Å²) in [5.74, 6) is 0. The zero-order valence-corrected chi connectivity index (χ0v) is 11.8. The van der Waals surface area contributed by atoms with Crippen LogP contribution in [-0.2, 0) is 6.18 Å². The Morgan fingerprint density at radius 2 is 1.71 bits per heavy atom. The molecule has 0 unspecified atom stereocenters. The first kappa shape index (κ1) is 15.5. The van der Waals surface area contributed by atoms with Gasteiger partial charge in [-0.3, -0.25) is 0 Å². The maximum atomic E-state index is 12.7. The second-order valence-electron chi connectivity index (χ2n) is 4.16. The molecule has 7 heteroatoms. The van der Waals surface area contributed by atoms with Crippen molar-refractivity contribution in [2.75, 3.05) is 5.32 Å². The van der Waals surface area contributed by atoms with Gasteiger partial charge in [-0.15, -0.1) is 0 Å². The van der Waals surface area contributed by atoms with Gasteiger partial charge in [-0.05, 0) is 36.4 Å². The summed E-state index contributed by atoms with van der Waals surface area (Å²) in [5, 5.41) is 11.7. The van der Waals surface area contributed by atoms with Gasteiger partial charge in [0.25, 0.3) is 0 Å². The van der Waals surface area contributed by atoms with E-state index in [1.54, 1.807) is 6.07 Å². The number of alkyl halides is 3. The minimum absolute atomic E-state index is 0.0351. The fraction of sp³-hybridized carbons (Fsp3) is 0.0714. The molecule has 0 aliphatic heterocycles. The van der Waals surface area contributed by atoms with Crippen LogP contribution >= 0.6 is 23.2 Å². The quantitative estimate of drug-likeness (QED) is 0.774. The van der Waals surface area contributed by atoms with Crippen molar-refractivity contribution >= 4 is 34.6 Å². The molecule has 0 saturated heterocycles. The highest BCUT2D eigenvalue weighted by Crippen LogP contribution is 2.34. The van der Waals surface area contributed by atoms with Crippen LogP contribution in [0.15, 0.2) is 36.4 Å². The van der Waals surface area contributed by atoms with E-state index in [9.17, 15) is 13.2 Å². The number of benzene rings is 2. The van der Waals surface area contributed by atoms with Crippen LogP contribution in [0.25, 0.3) is 0 Å². The van der Waals surface area contributed by atoms with Crippen molar-refractivity contribution in [3.63, 3.8) is 0 Å². The van der Waals surface area contributed by atoms with Gasteiger partial charge in [0.1, 0.15) is 6.07 Å². The average Bonchev–Trinajstić information content (AvgIpc) is 2.37. The normalized spacial score (nSPS) is 11.0. The number of nitrogens with one attached hydrogen (secondary N) is 1. The predicted molar refractivity (Wildman–Crippen MR) is 75.9 cm³/mol. The summed E-state index contributed by atoms with van der Waals surface area (Å²) >= 11 is 11.6. The zero-order chi connectivity index (χ0) is 15.6. The summed E-state index contributed by atoms with van der Waals surface area (Å²) < 4.78 is 38.1. The first-order chi connectivity index (χ1) is 9.79. The smallest absolute Gasteiger partial charge is 0.355 e. The second kappa shape index (κ2) is 5.84. The maximum absolute atomic E-state index is 12.7. The first-order valence-electron chi connectivity index (χ1n) is 5.64. The number of nitriles is 1. The molecular weight excluding hydrogens is 324 g/mol. The fourth-order valence-corrected chi connectivity index (χ4v) is 2.13. The highest BCUT2D eigenvalue weighted by Gasteiger charge is 2.31. The highest BCUT2D eigenvalue weighted by atomic mass is 35.5. The summed E-state index contributed by atoms with van der Waals surface area (Å²) in [7, 11) is 0. The lowest BCUT2D eigenvalue weighted by atomic mass is 10.1. The molecule has 0 saturated carbocycles. The third kappa shape index (κ3) is 3.81. The Labute approximate surface area is 128 Å². The maximum Gasteiger partial charge on any atom is 0.416 e. The van der Waals surface area contributed by atoms with Crippen LogP contribution < -0.4 is 5.32 Å². The predicted octanol–water partition coefficient (Wildman–Crippen LogP) is 5.63. The molecule has 0 radical (unpaired) electrons. The molecular formula is C14H7Cl2F3N2. The van der Waals surface area contributed by atoms with Crippen LogP contribution in [0.3, 0.4) is 0 Å². The van der Waals surface area contributed by atoms with E-state index in [0.29, 0.717) is 5.69 Å². The van der Waals surface area contributed by atoms with Crippen LogP contribution in [0.2, 0.25) is 10.0 Å². The van der Waals surface area contributed by atoms with E-state index < -0.39 is 11.7 Å². The standard InChI is InChI=1S/C14H7Cl2F3N2/c15-10-3-9(14(17,18)19)4-12(5-10)21-11-2-1-8(7-20)13(16)6-11/h1-6,21H. The van der Waals surface area contributed by atoms with Gasteiger partial charge in [-0.25, -0.2) is 0 Å². The van der Waals surface area contributed by atoms with Gasteiger partial charge in [-0.1, -0.05) is 23.2 Å². The lowest BCUT2D eigenvalue weighted by Crippen LogP contribution is -2.05. The van der Waals surface area contributed by atoms with Gasteiger partial charge in [0, 0.05) is 16.4 Å². The number of anilines is 2. The van der Waals surface area contributed by atoms with Crippen molar-refractivity contribution in [3.05, 3.63) is 57.6 Å². The van der Waals surface area contributed by atoms with Gasteiger partial charge >= 0.3 is 6.18 Å². The Kier molecular flexibility index (Phi) is 4.31. The third-order valence-corrected chi connectivity index (χ3v) is 3.13. The Morgan fingerprint density at radius 1 is 1.00 bits per heavy atom. The van der Waals surface area contributed by atoms with E-state index in [4.69, 9.17) is 28.5 Å². The van der Waals surface area contributed by atoms with E-state index >= 15 is 0 Å².